The van der Waals surface area contributed by atoms with Gasteiger partial charge in [0.05, 0.1) is 24.6 Å². The summed E-state index contributed by atoms with van der Waals surface area (Å²) < 4.78 is 35.0. The van der Waals surface area contributed by atoms with Crippen LogP contribution in [0.2, 0.25) is 0 Å². The number of thiazole rings is 1. The van der Waals surface area contributed by atoms with Gasteiger partial charge >= 0.3 is 0 Å². The molecule has 0 aromatic carbocycles. The Hall–Kier alpha value is -1.75. The normalized spacial score (nSPS) is 18.9. The van der Waals surface area contributed by atoms with Crippen LogP contribution in [0.25, 0.3) is 10.7 Å². The highest BCUT2D eigenvalue weighted by molar-refractivity contribution is 7.89. The van der Waals surface area contributed by atoms with Crippen LogP contribution in [0.4, 0.5) is 0 Å². The highest BCUT2D eigenvalue weighted by Crippen LogP contribution is 2.34. The van der Waals surface area contributed by atoms with E-state index < -0.39 is 10.0 Å². The summed E-state index contributed by atoms with van der Waals surface area (Å²) in [5, 5.41) is 0.671. The highest BCUT2D eigenvalue weighted by atomic mass is 32.2. The lowest BCUT2D eigenvalue weighted by Gasteiger charge is -2.25. The third kappa shape index (κ3) is 4.30. The zero-order valence-corrected chi connectivity index (χ0v) is 20.0. The summed E-state index contributed by atoms with van der Waals surface area (Å²) in [5.41, 5.74) is 2.08. The Kier molecular flexibility index (Phi) is 6.52. The summed E-state index contributed by atoms with van der Waals surface area (Å²) >= 11 is 1.35. The maximum absolute atomic E-state index is 13.2. The molecule has 1 amide bonds. The van der Waals surface area contributed by atoms with Crippen LogP contribution in [0.15, 0.2) is 11.0 Å². The molecule has 31 heavy (non-hydrogen) atoms. The SMILES string of the molecule is Cc1nc(-c2cc(S(=O)(=O)N3CCOCC3)c(C)n2C)sc1C(=O)N1CCCCCC1. The molecular formula is C21H30N4O4S2. The molecule has 2 aromatic heterocycles. The molecule has 170 valence electrons. The van der Waals surface area contributed by atoms with Crippen molar-refractivity contribution in [2.24, 2.45) is 7.05 Å². The first-order chi connectivity index (χ1) is 14.8. The fraction of sp³-hybridized carbons (Fsp3) is 0.619. The quantitative estimate of drug-likeness (QED) is 0.692. The van der Waals surface area contributed by atoms with E-state index in [-0.39, 0.29) is 5.91 Å². The van der Waals surface area contributed by atoms with Gasteiger partial charge in [-0.2, -0.15) is 4.31 Å². The Morgan fingerprint density at radius 2 is 1.71 bits per heavy atom. The third-order valence-corrected chi connectivity index (χ3v) is 9.36. The summed E-state index contributed by atoms with van der Waals surface area (Å²) in [7, 11) is -1.77. The Balaban J connectivity index is 1.66. The van der Waals surface area contributed by atoms with Gasteiger partial charge in [-0.3, -0.25) is 4.79 Å². The molecule has 2 saturated heterocycles. The molecule has 0 N–H and O–H groups in total. The number of aromatic nitrogens is 2. The number of likely N-dealkylation sites (tertiary alicyclic amines) is 1. The fourth-order valence-corrected chi connectivity index (χ4v) is 6.95. The largest absolute Gasteiger partial charge is 0.379 e. The molecule has 2 aliphatic rings. The van der Waals surface area contributed by atoms with Gasteiger partial charge < -0.3 is 14.2 Å². The molecule has 4 rings (SSSR count). The number of carbonyl (C=O) groups is 1. The maximum Gasteiger partial charge on any atom is 0.265 e. The number of morpholine rings is 1. The van der Waals surface area contributed by atoms with E-state index in [0.717, 1.165) is 25.9 Å². The first-order valence-corrected chi connectivity index (χ1v) is 13.1. The van der Waals surface area contributed by atoms with E-state index in [9.17, 15) is 13.2 Å². The van der Waals surface area contributed by atoms with Crippen LogP contribution in [0.1, 0.15) is 46.7 Å². The average molecular weight is 467 g/mol. The number of ether oxygens (including phenoxy) is 1. The number of aryl methyl sites for hydroxylation is 1. The summed E-state index contributed by atoms with van der Waals surface area (Å²) in [4.78, 5) is 20.6. The monoisotopic (exact) mass is 466 g/mol. The standard InChI is InChI=1S/C21H30N4O4S2/c1-15-19(21(26)24-8-6-4-5-7-9-24)30-20(22-15)17-14-18(16(2)23(17)3)31(27,28)25-10-12-29-13-11-25/h14H,4-13H2,1-3H3. The smallest absolute Gasteiger partial charge is 0.265 e. The van der Waals surface area contributed by atoms with Gasteiger partial charge in [0.15, 0.2) is 0 Å². The summed E-state index contributed by atoms with van der Waals surface area (Å²) in [5.74, 6) is 0.0373. The van der Waals surface area contributed by atoms with Gasteiger partial charge in [-0.25, -0.2) is 13.4 Å². The van der Waals surface area contributed by atoms with Crippen LogP contribution in [-0.4, -0.2) is 72.5 Å². The second-order valence-corrected chi connectivity index (χ2v) is 11.1. The van der Waals surface area contributed by atoms with E-state index in [4.69, 9.17) is 4.74 Å². The number of nitrogens with zero attached hydrogens (tertiary/aromatic N) is 4. The lowest BCUT2D eigenvalue weighted by atomic mass is 10.2. The summed E-state index contributed by atoms with van der Waals surface area (Å²) in [6.07, 6.45) is 4.41. The van der Waals surface area contributed by atoms with Crippen LogP contribution in [-0.2, 0) is 21.8 Å². The van der Waals surface area contributed by atoms with E-state index in [1.54, 1.807) is 13.0 Å². The molecule has 8 nitrogen and oxygen atoms in total. The molecule has 0 bridgehead atoms. The minimum Gasteiger partial charge on any atom is -0.379 e. The Bertz CT molecular complexity index is 1060. The van der Waals surface area contributed by atoms with Crippen LogP contribution in [0, 0.1) is 13.8 Å². The lowest BCUT2D eigenvalue weighted by Crippen LogP contribution is -2.40. The molecule has 2 aliphatic heterocycles. The summed E-state index contributed by atoms with van der Waals surface area (Å²) in [6, 6.07) is 1.69. The molecule has 10 heteroatoms. The lowest BCUT2D eigenvalue weighted by molar-refractivity contribution is 0.0730. The second kappa shape index (κ2) is 9.01. The first kappa shape index (κ1) is 22.4. The minimum atomic E-state index is -3.61. The van der Waals surface area contributed by atoms with Crippen LogP contribution in [0.3, 0.4) is 0 Å². The first-order valence-electron chi connectivity index (χ1n) is 10.8. The molecular weight excluding hydrogens is 436 g/mol. The molecule has 0 aliphatic carbocycles. The van der Waals surface area contributed by atoms with Gasteiger partial charge in [-0.15, -0.1) is 11.3 Å². The number of hydrogen-bond donors (Lipinski definition) is 0. The molecule has 0 saturated carbocycles. The minimum absolute atomic E-state index is 0.0373. The number of amides is 1. The fourth-order valence-electron chi connectivity index (χ4n) is 4.19. The van der Waals surface area contributed by atoms with E-state index in [2.05, 4.69) is 4.98 Å². The van der Waals surface area contributed by atoms with E-state index in [1.807, 2.05) is 23.4 Å². The van der Waals surface area contributed by atoms with Crippen LogP contribution >= 0.6 is 11.3 Å². The van der Waals surface area contributed by atoms with Crippen LogP contribution in [0.5, 0.6) is 0 Å². The van der Waals surface area contributed by atoms with Crippen molar-refractivity contribution in [2.75, 3.05) is 39.4 Å². The zero-order chi connectivity index (χ0) is 22.2. The zero-order valence-electron chi connectivity index (χ0n) is 18.4. The van der Waals surface area contributed by atoms with Crippen molar-refractivity contribution >= 4 is 27.3 Å². The molecule has 4 heterocycles. The van der Waals surface area contributed by atoms with Crippen molar-refractivity contribution in [3.63, 3.8) is 0 Å². The number of hydrogen-bond acceptors (Lipinski definition) is 6. The van der Waals surface area contributed by atoms with E-state index in [0.29, 0.717) is 58.2 Å². The van der Waals surface area contributed by atoms with Crippen molar-refractivity contribution in [3.8, 4) is 10.7 Å². The topological polar surface area (TPSA) is 84.7 Å². The van der Waals surface area contributed by atoms with Gasteiger partial charge in [0.25, 0.3) is 5.91 Å². The Morgan fingerprint density at radius 1 is 1.06 bits per heavy atom. The predicted octanol–water partition coefficient (Wildman–Crippen LogP) is 2.80. The highest BCUT2D eigenvalue weighted by Gasteiger charge is 2.31. The van der Waals surface area contributed by atoms with Gasteiger partial charge in [0.2, 0.25) is 10.0 Å². The molecule has 0 spiro atoms. The van der Waals surface area contributed by atoms with Crippen LogP contribution < -0.4 is 0 Å². The molecule has 0 radical (unpaired) electrons. The third-order valence-electron chi connectivity index (χ3n) is 6.18. The number of rotatable bonds is 4. The second-order valence-electron chi connectivity index (χ2n) is 8.19. The molecule has 0 atom stereocenters. The van der Waals surface area contributed by atoms with Crippen molar-refractivity contribution in [1.82, 2.24) is 18.8 Å². The van der Waals surface area contributed by atoms with Crippen molar-refractivity contribution in [2.45, 2.75) is 44.4 Å². The Morgan fingerprint density at radius 3 is 2.35 bits per heavy atom. The van der Waals surface area contributed by atoms with Gasteiger partial charge in [0, 0.05) is 38.9 Å². The molecule has 2 aromatic rings. The van der Waals surface area contributed by atoms with Crippen molar-refractivity contribution in [3.05, 3.63) is 22.3 Å². The van der Waals surface area contributed by atoms with E-state index >= 15 is 0 Å². The van der Waals surface area contributed by atoms with Crippen molar-refractivity contribution < 1.29 is 17.9 Å². The average Bonchev–Trinajstić information content (AvgIpc) is 3.15. The van der Waals surface area contributed by atoms with Gasteiger partial charge in [0.1, 0.15) is 14.8 Å². The Labute approximate surface area is 187 Å². The molecule has 0 unspecified atom stereocenters. The van der Waals surface area contributed by atoms with Crippen molar-refractivity contribution in [1.29, 1.82) is 0 Å². The summed E-state index contributed by atoms with van der Waals surface area (Å²) in [6.45, 7) is 6.77. The number of carbonyl (C=O) groups excluding carboxylic acids is 1. The maximum atomic E-state index is 13.2. The number of sulfonamides is 1. The van der Waals surface area contributed by atoms with Gasteiger partial charge in [-0.1, -0.05) is 12.8 Å². The predicted molar refractivity (Wildman–Crippen MR) is 120 cm³/mol. The van der Waals surface area contributed by atoms with E-state index in [1.165, 1.54) is 28.5 Å². The van der Waals surface area contributed by atoms with Gasteiger partial charge in [-0.05, 0) is 32.8 Å². The molecule has 2 fully saturated rings.